The number of morpholine rings is 1. The van der Waals surface area contributed by atoms with Crippen molar-refractivity contribution in [2.45, 2.75) is 12.8 Å². The van der Waals surface area contributed by atoms with Gasteiger partial charge in [-0.05, 0) is 37.2 Å². The third-order valence-corrected chi connectivity index (χ3v) is 3.40. The van der Waals surface area contributed by atoms with Gasteiger partial charge in [0, 0.05) is 31.5 Å². The quantitative estimate of drug-likeness (QED) is 0.366. The molecule has 2 heterocycles. The Morgan fingerprint density at radius 1 is 1.43 bits per heavy atom. The minimum atomic E-state index is 0.431. The number of nitrogens with two attached hydrogens (primary N) is 1. The Kier molecular flexibility index (Phi) is 6.36. The van der Waals surface area contributed by atoms with Gasteiger partial charge < -0.3 is 20.7 Å². The van der Waals surface area contributed by atoms with Crippen LogP contribution in [-0.2, 0) is 11.2 Å². The van der Waals surface area contributed by atoms with Gasteiger partial charge in [0.25, 0.3) is 0 Å². The highest BCUT2D eigenvalue weighted by Gasteiger charge is 2.12. The Bertz CT molecular complexity index is 474. The molecule has 6 nitrogen and oxygen atoms in total. The molecule has 0 saturated carbocycles. The van der Waals surface area contributed by atoms with E-state index in [1.807, 2.05) is 23.1 Å². The Balaban J connectivity index is 1.67. The van der Waals surface area contributed by atoms with E-state index in [1.165, 1.54) is 0 Å². The van der Waals surface area contributed by atoms with Gasteiger partial charge in [-0.25, -0.2) is 0 Å². The highest BCUT2D eigenvalue weighted by atomic mass is 32.1. The molecule has 1 aromatic rings. The third-order valence-electron chi connectivity index (χ3n) is 3.16. The summed E-state index contributed by atoms with van der Waals surface area (Å²) in [7, 11) is 0. The highest BCUT2D eigenvalue weighted by molar-refractivity contribution is 7.80. The summed E-state index contributed by atoms with van der Waals surface area (Å²) < 4.78 is 5.27. The van der Waals surface area contributed by atoms with Crippen LogP contribution >= 0.6 is 12.2 Å². The predicted molar refractivity (Wildman–Crippen MR) is 87.2 cm³/mol. The smallest absolute Gasteiger partial charge is 0.198 e. The summed E-state index contributed by atoms with van der Waals surface area (Å²) in [4.78, 5) is 10.5. The summed E-state index contributed by atoms with van der Waals surface area (Å²) >= 11 is 5.18. The van der Waals surface area contributed by atoms with E-state index < -0.39 is 0 Å². The van der Waals surface area contributed by atoms with Crippen LogP contribution in [0.2, 0.25) is 0 Å². The molecule has 0 amide bonds. The van der Waals surface area contributed by atoms with Gasteiger partial charge in [-0.1, -0.05) is 6.07 Å². The average Bonchev–Trinajstić information content (AvgIpc) is 2.53. The first-order valence-corrected chi connectivity index (χ1v) is 7.51. The zero-order valence-electron chi connectivity index (χ0n) is 12.0. The molecule has 1 fully saturated rings. The summed E-state index contributed by atoms with van der Waals surface area (Å²) in [5.41, 5.74) is 7.01. The van der Waals surface area contributed by atoms with Crippen molar-refractivity contribution in [2.75, 3.05) is 32.8 Å². The van der Waals surface area contributed by atoms with Crippen molar-refractivity contribution in [2.24, 2.45) is 10.7 Å². The largest absolute Gasteiger partial charge is 0.378 e. The minimum absolute atomic E-state index is 0.431. The van der Waals surface area contributed by atoms with E-state index in [0.717, 1.165) is 38.2 Å². The Hall–Kier alpha value is -1.73. The van der Waals surface area contributed by atoms with Crippen molar-refractivity contribution in [3.05, 3.63) is 30.1 Å². The number of nitrogens with zero attached hydrogens (tertiary/aromatic N) is 3. The zero-order chi connectivity index (χ0) is 14.9. The van der Waals surface area contributed by atoms with Crippen LogP contribution in [0.5, 0.6) is 0 Å². The fourth-order valence-corrected chi connectivity index (χ4v) is 2.21. The van der Waals surface area contributed by atoms with Crippen LogP contribution in [0.4, 0.5) is 0 Å². The number of guanidine groups is 1. The number of aliphatic imine (C=N–C) groups is 1. The van der Waals surface area contributed by atoms with Crippen LogP contribution < -0.4 is 11.1 Å². The second-order valence-electron chi connectivity index (χ2n) is 4.73. The first kappa shape index (κ1) is 15.7. The minimum Gasteiger partial charge on any atom is -0.378 e. The van der Waals surface area contributed by atoms with Crippen LogP contribution in [0.1, 0.15) is 12.1 Å². The van der Waals surface area contributed by atoms with Gasteiger partial charge in [-0.3, -0.25) is 4.98 Å². The Labute approximate surface area is 130 Å². The van der Waals surface area contributed by atoms with E-state index in [4.69, 9.17) is 22.7 Å². The molecule has 1 aliphatic heterocycles. The van der Waals surface area contributed by atoms with Crippen molar-refractivity contribution >= 4 is 23.3 Å². The maximum absolute atomic E-state index is 5.93. The molecule has 0 spiro atoms. The predicted octanol–water partition coefficient (Wildman–Crippen LogP) is 0.536. The molecular formula is C14H21N5OS. The van der Waals surface area contributed by atoms with E-state index in [2.05, 4.69) is 15.3 Å². The second-order valence-corrected chi connectivity index (χ2v) is 5.11. The van der Waals surface area contributed by atoms with Crippen molar-refractivity contribution in [1.82, 2.24) is 15.2 Å². The van der Waals surface area contributed by atoms with E-state index in [1.54, 1.807) is 6.20 Å². The number of aromatic nitrogens is 1. The van der Waals surface area contributed by atoms with Crippen LogP contribution in [0.3, 0.4) is 0 Å². The fraction of sp³-hybridized carbons (Fsp3) is 0.500. The molecule has 0 bridgehead atoms. The lowest BCUT2D eigenvalue weighted by Gasteiger charge is -2.27. The SMILES string of the molecule is NC(=NC(=S)NCCCc1ccccn1)N1CCOCC1. The summed E-state index contributed by atoms with van der Waals surface area (Å²) in [6.45, 7) is 3.64. The number of thiocarbonyl (C=S) groups is 1. The number of pyridine rings is 1. The van der Waals surface area contributed by atoms with E-state index >= 15 is 0 Å². The zero-order valence-corrected chi connectivity index (χ0v) is 12.8. The number of rotatable bonds is 4. The molecule has 2 rings (SSSR count). The topological polar surface area (TPSA) is 75.8 Å². The second kappa shape index (κ2) is 8.53. The van der Waals surface area contributed by atoms with Crippen molar-refractivity contribution in [3.8, 4) is 0 Å². The van der Waals surface area contributed by atoms with Gasteiger partial charge >= 0.3 is 0 Å². The molecule has 3 N–H and O–H groups in total. The fourth-order valence-electron chi connectivity index (χ4n) is 2.02. The lowest BCUT2D eigenvalue weighted by atomic mass is 10.2. The highest BCUT2D eigenvalue weighted by Crippen LogP contribution is 1.98. The molecule has 0 aromatic carbocycles. The average molecular weight is 307 g/mol. The Morgan fingerprint density at radius 2 is 2.24 bits per heavy atom. The van der Waals surface area contributed by atoms with Gasteiger partial charge in [0.05, 0.1) is 13.2 Å². The van der Waals surface area contributed by atoms with Crippen molar-refractivity contribution in [1.29, 1.82) is 0 Å². The summed E-state index contributed by atoms with van der Waals surface area (Å²) in [6, 6.07) is 5.93. The number of hydrogen-bond acceptors (Lipinski definition) is 3. The molecule has 7 heteroatoms. The summed E-state index contributed by atoms with van der Waals surface area (Å²) in [5, 5.41) is 3.53. The van der Waals surface area contributed by atoms with Gasteiger partial charge in [-0.15, -0.1) is 0 Å². The van der Waals surface area contributed by atoms with Gasteiger partial charge in [0.1, 0.15) is 0 Å². The monoisotopic (exact) mass is 307 g/mol. The lowest BCUT2D eigenvalue weighted by Crippen LogP contribution is -2.45. The first-order valence-electron chi connectivity index (χ1n) is 7.10. The normalized spacial score (nSPS) is 15.8. The molecule has 114 valence electrons. The maximum Gasteiger partial charge on any atom is 0.198 e. The third kappa shape index (κ3) is 5.65. The molecule has 1 aromatic heterocycles. The lowest BCUT2D eigenvalue weighted by molar-refractivity contribution is 0.0676. The van der Waals surface area contributed by atoms with Crippen LogP contribution in [0.15, 0.2) is 29.4 Å². The first-order chi connectivity index (χ1) is 10.3. The molecule has 21 heavy (non-hydrogen) atoms. The standard InChI is InChI=1S/C14H21N5OS/c15-13(19-8-10-20-11-9-19)18-14(21)17-7-3-5-12-4-1-2-6-16-12/h1-2,4,6H,3,5,7-11H2,(H3,15,17,18,21). The van der Waals surface area contributed by atoms with Gasteiger partial charge in [0.2, 0.25) is 0 Å². The summed E-state index contributed by atoms with van der Waals surface area (Å²) in [6.07, 6.45) is 3.67. The van der Waals surface area contributed by atoms with E-state index in [0.29, 0.717) is 24.3 Å². The Morgan fingerprint density at radius 3 is 2.95 bits per heavy atom. The molecular weight excluding hydrogens is 286 g/mol. The van der Waals surface area contributed by atoms with E-state index in [-0.39, 0.29) is 0 Å². The number of nitrogens with one attached hydrogen (secondary N) is 1. The van der Waals surface area contributed by atoms with E-state index in [9.17, 15) is 0 Å². The van der Waals surface area contributed by atoms with Crippen molar-refractivity contribution in [3.63, 3.8) is 0 Å². The van der Waals surface area contributed by atoms with Crippen LogP contribution in [0.25, 0.3) is 0 Å². The number of hydrogen-bond donors (Lipinski definition) is 2. The molecule has 0 aliphatic carbocycles. The molecule has 0 unspecified atom stereocenters. The van der Waals surface area contributed by atoms with Crippen molar-refractivity contribution < 1.29 is 4.74 Å². The number of aryl methyl sites for hydroxylation is 1. The molecule has 1 aliphatic rings. The van der Waals surface area contributed by atoms with Crippen LogP contribution in [0, 0.1) is 0 Å². The van der Waals surface area contributed by atoms with Crippen LogP contribution in [-0.4, -0.2) is 53.8 Å². The van der Waals surface area contributed by atoms with Gasteiger partial charge in [0.15, 0.2) is 11.1 Å². The molecule has 0 radical (unpaired) electrons. The summed E-state index contributed by atoms with van der Waals surface area (Å²) in [5.74, 6) is 0.459. The van der Waals surface area contributed by atoms with Gasteiger partial charge in [-0.2, -0.15) is 4.99 Å². The molecule has 1 saturated heterocycles. The molecule has 0 atom stereocenters. The maximum atomic E-state index is 5.93. The number of ether oxygens (including phenoxy) is 1.